The van der Waals surface area contributed by atoms with E-state index in [1.54, 1.807) is 0 Å². The number of hydrogen-bond acceptors (Lipinski definition) is 2. The van der Waals surface area contributed by atoms with Gasteiger partial charge in [0.1, 0.15) is 0 Å². The molecule has 1 aromatic carbocycles. The quantitative estimate of drug-likeness (QED) is 0.395. The maximum absolute atomic E-state index is 4.41. The summed E-state index contributed by atoms with van der Waals surface area (Å²) in [5, 5.41) is 3.53. The number of halogens is 2. The van der Waals surface area contributed by atoms with Crippen molar-refractivity contribution in [1.82, 2.24) is 15.1 Å². The minimum Gasteiger partial charge on any atom is -0.356 e. The first kappa shape index (κ1) is 20.7. The number of hydrogen-bond donors (Lipinski definition) is 1. The Hall–Kier alpha value is -0.340. The molecule has 2 rings (SSSR count). The summed E-state index contributed by atoms with van der Waals surface area (Å²) in [5.41, 5.74) is 1.28. The van der Waals surface area contributed by atoms with Gasteiger partial charge in [0.05, 0.1) is 0 Å². The summed E-state index contributed by atoms with van der Waals surface area (Å²) in [6, 6.07) is 8.45. The van der Waals surface area contributed by atoms with Crippen LogP contribution in [0, 0.1) is 5.92 Å². The van der Waals surface area contributed by atoms with Crippen LogP contribution in [0.15, 0.2) is 33.7 Å². The number of nitrogens with zero attached hydrogens (tertiary/aromatic N) is 3. The normalized spacial score (nSPS) is 19.1. The third kappa shape index (κ3) is 6.97. The summed E-state index contributed by atoms with van der Waals surface area (Å²) < 4.78 is 1.11. The zero-order valence-corrected chi connectivity index (χ0v) is 18.2. The van der Waals surface area contributed by atoms with Crippen molar-refractivity contribution in [1.29, 1.82) is 0 Å². The van der Waals surface area contributed by atoms with Crippen LogP contribution in [0.2, 0.25) is 0 Å². The Bertz CT molecular complexity index is 492. The lowest BCUT2D eigenvalue weighted by Gasteiger charge is -2.31. The number of aliphatic imine (C=N–C) groups is 1. The number of piperidine rings is 1. The maximum Gasteiger partial charge on any atom is 0.193 e. The molecule has 1 unspecified atom stereocenters. The van der Waals surface area contributed by atoms with Crippen molar-refractivity contribution in [3.63, 3.8) is 0 Å². The van der Waals surface area contributed by atoms with Crippen LogP contribution >= 0.6 is 39.9 Å². The first-order valence-corrected chi connectivity index (χ1v) is 8.72. The van der Waals surface area contributed by atoms with Crippen LogP contribution in [0.3, 0.4) is 0 Å². The summed E-state index contributed by atoms with van der Waals surface area (Å²) in [5.74, 6) is 1.69. The van der Waals surface area contributed by atoms with Gasteiger partial charge in [-0.3, -0.25) is 4.99 Å². The summed E-state index contributed by atoms with van der Waals surface area (Å²) in [6.45, 7) is 4.27. The Balaban J connectivity index is 0.00000264. The Kier molecular flexibility index (Phi) is 9.46. The Morgan fingerprint density at radius 1 is 1.39 bits per heavy atom. The highest BCUT2D eigenvalue weighted by molar-refractivity contribution is 14.0. The molecule has 0 bridgehead atoms. The monoisotopic (exact) mass is 494 g/mol. The van der Waals surface area contributed by atoms with Gasteiger partial charge in [-0.1, -0.05) is 28.1 Å². The molecule has 0 saturated carbocycles. The van der Waals surface area contributed by atoms with E-state index in [9.17, 15) is 0 Å². The molecule has 1 aliphatic heterocycles. The van der Waals surface area contributed by atoms with Crippen molar-refractivity contribution in [3.05, 3.63) is 34.3 Å². The van der Waals surface area contributed by atoms with Crippen LogP contribution in [0.4, 0.5) is 0 Å². The van der Waals surface area contributed by atoms with Gasteiger partial charge in [0, 0.05) is 38.2 Å². The fraction of sp³-hybridized carbons (Fsp3) is 0.588. The highest BCUT2D eigenvalue weighted by atomic mass is 127. The van der Waals surface area contributed by atoms with E-state index in [1.807, 2.05) is 7.05 Å². The Morgan fingerprint density at radius 3 is 2.70 bits per heavy atom. The summed E-state index contributed by atoms with van der Waals surface area (Å²) in [6.07, 6.45) is 2.61. The second-order valence-electron chi connectivity index (χ2n) is 6.18. The molecule has 0 amide bonds. The van der Waals surface area contributed by atoms with E-state index in [0.29, 0.717) is 0 Å². The van der Waals surface area contributed by atoms with Crippen LogP contribution in [0.1, 0.15) is 18.4 Å². The molecule has 6 heteroatoms. The van der Waals surface area contributed by atoms with Gasteiger partial charge in [0.25, 0.3) is 0 Å². The fourth-order valence-corrected chi connectivity index (χ4v) is 3.26. The van der Waals surface area contributed by atoms with E-state index in [1.165, 1.54) is 31.5 Å². The van der Waals surface area contributed by atoms with Crippen molar-refractivity contribution in [2.24, 2.45) is 10.9 Å². The molecule has 0 radical (unpaired) electrons. The predicted octanol–water partition coefficient (Wildman–Crippen LogP) is 3.42. The van der Waals surface area contributed by atoms with Gasteiger partial charge in [-0.25, -0.2) is 0 Å². The van der Waals surface area contributed by atoms with Crippen molar-refractivity contribution in [3.8, 4) is 0 Å². The highest BCUT2D eigenvalue weighted by Gasteiger charge is 2.18. The second-order valence-corrected chi connectivity index (χ2v) is 7.10. The zero-order chi connectivity index (χ0) is 15.9. The third-order valence-corrected chi connectivity index (χ3v) is 4.71. The Morgan fingerprint density at radius 2 is 2.09 bits per heavy atom. The van der Waals surface area contributed by atoms with Crippen molar-refractivity contribution in [2.45, 2.75) is 19.4 Å². The summed E-state index contributed by atoms with van der Waals surface area (Å²) >= 11 is 3.47. The van der Waals surface area contributed by atoms with E-state index in [2.05, 4.69) is 74.4 Å². The van der Waals surface area contributed by atoms with Crippen LogP contribution in [0.25, 0.3) is 0 Å². The molecule has 4 nitrogen and oxygen atoms in total. The number of guanidine groups is 1. The largest absolute Gasteiger partial charge is 0.356 e. The topological polar surface area (TPSA) is 30.9 Å². The van der Waals surface area contributed by atoms with Crippen molar-refractivity contribution >= 4 is 45.9 Å². The zero-order valence-electron chi connectivity index (χ0n) is 14.3. The lowest BCUT2D eigenvalue weighted by molar-refractivity contribution is 0.209. The molecule has 1 N–H and O–H groups in total. The van der Waals surface area contributed by atoms with E-state index in [-0.39, 0.29) is 24.0 Å². The van der Waals surface area contributed by atoms with Gasteiger partial charge in [0.15, 0.2) is 5.96 Å². The molecule has 0 spiro atoms. The van der Waals surface area contributed by atoms with Gasteiger partial charge in [-0.05, 0) is 50.0 Å². The molecule has 1 saturated heterocycles. The molecule has 0 aliphatic carbocycles. The molecule has 23 heavy (non-hydrogen) atoms. The number of nitrogens with one attached hydrogen (secondary N) is 1. The first-order valence-electron chi connectivity index (χ1n) is 7.93. The minimum absolute atomic E-state index is 0. The van der Waals surface area contributed by atoms with Crippen LogP contribution in [-0.4, -0.2) is 56.5 Å². The van der Waals surface area contributed by atoms with E-state index >= 15 is 0 Å². The highest BCUT2D eigenvalue weighted by Crippen LogP contribution is 2.14. The lowest BCUT2D eigenvalue weighted by atomic mass is 9.98. The van der Waals surface area contributed by atoms with Gasteiger partial charge >= 0.3 is 0 Å². The molecule has 0 aromatic heterocycles. The summed E-state index contributed by atoms with van der Waals surface area (Å²) in [4.78, 5) is 9.01. The summed E-state index contributed by atoms with van der Waals surface area (Å²) in [7, 11) is 6.15. The Labute approximate surface area is 165 Å². The maximum atomic E-state index is 4.41. The fourth-order valence-electron chi connectivity index (χ4n) is 3.00. The van der Waals surface area contributed by atoms with Gasteiger partial charge in [-0.15, -0.1) is 24.0 Å². The van der Waals surface area contributed by atoms with Crippen LogP contribution < -0.4 is 5.32 Å². The third-order valence-electron chi connectivity index (χ3n) is 4.18. The molecule has 1 aliphatic rings. The standard InChI is InChI=1S/C17H27BrN4.HI/c1-19-17(20-11-15-5-4-10-21(2)12-15)22(3)13-14-6-8-16(18)9-7-14;/h6-9,15H,4-5,10-13H2,1-3H3,(H,19,20);1H. The first-order chi connectivity index (χ1) is 10.6. The smallest absolute Gasteiger partial charge is 0.193 e. The SMILES string of the molecule is CN=C(NCC1CCCN(C)C1)N(C)Cc1ccc(Br)cc1.I. The number of benzene rings is 1. The second kappa shape index (κ2) is 10.5. The number of rotatable bonds is 4. The van der Waals surface area contributed by atoms with Crippen molar-refractivity contribution in [2.75, 3.05) is 40.8 Å². The van der Waals surface area contributed by atoms with E-state index < -0.39 is 0 Å². The molecular formula is C17H28BrIN4. The lowest BCUT2D eigenvalue weighted by Crippen LogP contribution is -2.44. The van der Waals surface area contributed by atoms with Crippen LogP contribution in [0.5, 0.6) is 0 Å². The van der Waals surface area contributed by atoms with Gasteiger partial charge in [0.2, 0.25) is 0 Å². The van der Waals surface area contributed by atoms with Gasteiger partial charge in [-0.2, -0.15) is 0 Å². The van der Waals surface area contributed by atoms with Crippen molar-refractivity contribution < 1.29 is 0 Å². The molecule has 1 atom stereocenters. The molecule has 1 fully saturated rings. The average molecular weight is 495 g/mol. The molecule has 1 heterocycles. The minimum atomic E-state index is 0. The van der Waals surface area contributed by atoms with Crippen LogP contribution in [-0.2, 0) is 6.54 Å². The molecular weight excluding hydrogens is 467 g/mol. The molecule has 1 aromatic rings. The van der Waals surface area contributed by atoms with Gasteiger partial charge < -0.3 is 15.1 Å². The van der Waals surface area contributed by atoms with E-state index in [0.717, 1.165) is 29.4 Å². The van der Waals surface area contributed by atoms with E-state index in [4.69, 9.17) is 0 Å². The number of likely N-dealkylation sites (tertiary alicyclic amines) is 1. The average Bonchev–Trinajstić information content (AvgIpc) is 2.50. The predicted molar refractivity (Wildman–Crippen MR) is 113 cm³/mol. The molecule has 130 valence electrons.